The van der Waals surface area contributed by atoms with Gasteiger partial charge in [-0.2, -0.15) is 0 Å². The van der Waals surface area contributed by atoms with E-state index in [0.717, 1.165) is 16.0 Å². The van der Waals surface area contributed by atoms with Gasteiger partial charge in [-0.05, 0) is 13.0 Å². The second-order valence-electron chi connectivity index (χ2n) is 2.91. The molecule has 2 aromatic rings. The summed E-state index contributed by atoms with van der Waals surface area (Å²) in [5.41, 5.74) is 1.13. The number of thiazole rings is 1. The summed E-state index contributed by atoms with van der Waals surface area (Å²) in [5.74, 6) is 0. The third-order valence-corrected chi connectivity index (χ3v) is 2.78. The van der Waals surface area contributed by atoms with E-state index in [0.29, 0.717) is 11.1 Å². The lowest BCUT2D eigenvalue weighted by molar-refractivity contribution is -0.385. The Labute approximate surface area is 82.2 Å². The van der Waals surface area contributed by atoms with Gasteiger partial charge in [0.15, 0.2) is 0 Å². The molecule has 1 aromatic heterocycles. The van der Waals surface area contributed by atoms with Crippen molar-refractivity contribution in [3.63, 3.8) is 0 Å². The van der Waals surface area contributed by atoms with E-state index in [9.17, 15) is 14.9 Å². The van der Waals surface area contributed by atoms with Gasteiger partial charge in [0.1, 0.15) is 0 Å². The smallest absolute Gasteiger partial charge is 0.305 e. The molecule has 0 atom stereocenters. The van der Waals surface area contributed by atoms with E-state index in [1.807, 2.05) is 0 Å². The van der Waals surface area contributed by atoms with Crippen LogP contribution in [0.2, 0.25) is 0 Å². The number of nitrogens with one attached hydrogen (secondary N) is 1. The number of hydrogen-bond acceptors (Lipinski definition) is 4. The van der Waals surface area contributed by atoms with Crippen LogP contribution in [0.1, 0.15) is 5.56 Å². The number of rotatable bonds is 1. The van der Waals surface area contributed by atoms with E-state index in [2.05, 4.69) is 4.98 Å². The predicted molar refractivity (Wildman–Crippen MR) is 53.8 cm³/mol. The van der Waals surface area contributed by atoms with E-state index in [4.69, 9.17) is 0 Å². The summed E-state index contributed by atoms with van der Waals surface area (Å²) in [6, 6.07) is 3.04. The molecule has 0 radical (unpaired) electrons. The molecule has 1 heterocycles. The molecule has 0 spiro atoms. The predicted octanol–water partition coefficient (Wildman–Crippen LogP) is 1.81. The van der Waals surface area contributed by atoms with Crippen LogP contribution in [0.3, 0.4) is 0 Å². The molecule has 0 fully saturated rings. The number of aromatic amines is 1. The molecule has 0 unspecified atom stereocenters. The molecule has 0 bridgehead atoms. The minimum atomic E-state index is -0.454. The van der Waals surface area contributed by atoms with Crippen molar-refractivity contribution in [3.05, 3.63) is 37.5 Å². The van der Waals surface area contributed by atoms with Crippen molar-refractivity contribution >= 4 is 27.2 Å². The molecule has 1 N–H and O–H groups in total. The van der Waals surface area contributed by atoms with Gasteiger partial charge in [0.25, 0.3) is 5.69 Å². The summed E-state index contributed by atoms with van der Waals surface area (Å²) in [4.78, 5) is 23.5. The van der Waals surface area contributed by atoms with E-state index in [-0.39, 0.29) is 10.6 Å². The first kappa shape index (κ1) is 8.89. The lowest BCUT2D eigenvalue weighted by Gasteiger charge is -1.95. The second kappa shape index (κ2) is 2.91. The zero-order valence-electron chi connectivity index (χ0n) is 7.23. The number of fused-ring (bicyclic) bond motifs is 1. The standard InChI is InChI=1S/C8H6N2O3S/c1-4-2-7-5(9-8(11)14-7)3-6(4)10(12)13/h2-3H,1H3,(H,9,11). The van der Waals surface area contributed by atoms with Gasteiger partial charge in [0.2, 0.25) is 0 Å². The Bertz CT molecular complexity index is 569. The first-order valence-corrected chi connectivity index (χ1v) is 4.67. The molecule has 72 valence electrons. The normalized spacial score (nSPS) is 10.6. The lowest BCUT2D eigenvalue weighted by atomic mass is 10.2. The van der Waals surface area contributed by atoms with Crippen molar-refractivity contribution in [2.24, 2.45) is 0 Å². The fourth-order valence-corrected chi connectivity index (χ4v) is 2.10. The molecular formula is C8H6N2O3S. The summed E-state index contributed by atoms with van der Waals surface area (Å²) in [6.07, 6.45) is 0. The zero-order valence-corrected chi connectivity index (χ0v) is 8.05. The molecule has 14 heavy (non-hydrogen) atoms. The van der Waals surface area contributed by atoms with Crippen LogP contribution in [0.25, 0.3) is 10.2 Å². The third kappa shape index (κ3) is 1.29. The number of H-pyrrole nitrogens is 1. The Morgan fingerprint density at radius 1 is 1.50 bits per heavy atom. The quantitative estimate of drug-likeness (QED) is 0.576. The van der Waals surface area contributed by atoms with Crippen LogP contribution in [0.4, 0.5) is 5.69 Å². The maximum absolute atomic E-state index is 11.0. The van der Waals surface area contributed by atoms with Gasteiger partial charge in [-0.15, -0.1) is 0 Å². The number of hydrogen-bond donors (Lipinski definition) is 1. The monoisotopic (exact) mass is 210 g/mol. The van der Waals surface area contributed by atoms with Gasteiger partial charge in [-0.25, -0.2) is 0 Å². The molecule has 0 saturated heterocycles. The van der Waals surface area contributed by atoms with Gasteiger partial charge in [-0.3, -0.25) is 14.9 Å². The Kier molecular flexibility index (Phi) is 1.85. The Morgan fingerprint density at radius 3 is 2.86 bits per heavy atom. The van der Waals surface area contributed by atoms with Gasteiger partial charge in [0, 0.05) is 11.6 Å². The Morgan fingerprint density at radius 2 is 2.21 bits per heavy atom. The molecule has 5 nitrogen and oxygen atoms in total. The molecule has 1 aromatic carbocycles. The largest absolute Gasteiger partial charge is 0.312 e. The highest BCUT2D eigenvalue weighted by atomic mass is 32.1. The number of aryl methyl sites for hydroxylation is 1. The number of nitro benzene ring substituents is 1. The SMILES string of the molecule is Cc1cc2sc(=O)[nH]c2cc1[N+](=O)[O-]. The van der Waals surface area contributed by atoms with Crippen molar-refractivity contribution in [2.75, 3.05) is 0 Å². The van der Waals surface area contributed by atoms with Crippen LogP contribution in [0.5, 0.6) is 0 Å². The van der Waals surface area contributed by atoms with Gasteiger partial charge < -0.3 is 4.98 Å². The average Bonchev–Trinajstić information content (AvgIpc) is 2.42. The van der Waals surface area contributed by atoms with Crippen molar-refractivity contribution in [1.29, 1.82) is 0 Å². The Hall–Kier alpha value is -1.69. The molecule has 0 aliphatic rings. The van der Waals surface area contributed by atoms with Crippen LogP contribution < -0.4 is 4.87 Å². The maximum atomic E-state index is 11.0. The topological polar surface area (TPSA) is 76.0 Å². The van der Waals surface area contributed by atoms with Crippen LogP contribution in [-0.2, 0) is 0 Å². The van der Waals surface area contributed by atoms with E-state index < -0.39 is 4.92 Å². The van der Waals surface area contributed by atoms with Gasteiger partial charge in [0.05, 0.1) is 15.1 Å². The minimum absolute atomic E-state index is 0.0338. The van der Waals surface area contributed by atoms with Crippen LogP contribution >= 0.6 is 11.3 Å². The van der Waals surface area contributed by atoms with Crippen molar-refractivity contribution < 1.29 is 4.92 Å². The molecule has 0 aliphatic carbocycles. The van der Waals surface area contributed by atoms with Crippen LogP contribution in [0.15, 0.2) is 16.9 Å². The first-order chi connectivity index (χ1) is 6.58. The Balaban J connectivity index is 2.82. The molecule has 0 saturated carbocycles. The molecule has 6 heteroatoms. The number of aromatic nitrogens is 1. The highest BCUT2D eigenvalue weighted by Crippen LogP contribution is 2.24. The van der Waals surface area contributed by atoms with E-state index in [1.165, 1.54) is 6.07 Å². The molecule has 2 rings (SSSR count). The molecule has 0 amide bonds. The fraction of sp³-hybridized carbons (Fsp3) is 0.125. The van der Waals surface area contributed by atoms with Gasteiger partial charge in [-0.1, -0.05) is 11.3 Å². The summed E-state index contributed by atoms with van der Waals surface area (Å²) < 4.78 is 0.748. The number of nitrogens with zero attached hydrogens (tertiary/aromatic N) is 1. The highest BCUT2D eigenvalue weighted by Gasteiger charge is 2.12. The second-order valence-corrected chi connectivity index (χ2v) is 3.92. The van der Waals surface area contributed by atoms with Crippen LogP contribution in [0, 0.1) is 17.0 Å². The number of nitro groups is 1. The van der Waals surface area contributed by atoms with Crippen molar-refractivity contribution in [3.8, 4) is 0 Å². The van der Waals surface area contributed by atoms with Crippen LogP contribution in [-0.4, -0.2) is 9.91 Å². The zero-order chi connectivity index (χ0) is 10.3. The minimum Gasteiger partial charge on any atom is -0.312 e. The third-order valence-electron chi connectivity index (χ3n) is 1.93. The summed E-state index contributed by atoms with van der Waals surface area (Å²) >= 11 is 1.05. The highest BCUT2D eigenvalue weighted by molar-refractivity contribution is 7.16. The maximum Gasteiger partial charge on any atom is 0.305 e. The van der Waals surface area contributed by atoms with E-state index >= 15 is 0 Å². The first-order valence-electron chi connectivity index (χ1n) is 3.86. The van der Waals surface area contributed by atoms with E-state index in [1.54, 1.807) is 13.0 Å². The van der Waals surface area contributed by atoms with Crippen molar-refractivity contribution in [2.45, 2.75) is 6.92 Å². The fourth-order valence-electron chi connectivity index (χ4n) is 1.28. The number of benzene rings is 1. The summed E-state index contributed by atoms with van der Waals surface area (Å²) in [7, 11) is 0. The molecular weight excluding hydrogens is 204 g/mol. The average molecular weight is 210 g/mol. The summed E-state index contributed by atoms with van der Waals surface area (Å²) in [5, 5.41) is 10.6. The lowest BCUT2D eigenvalue weighted by Crippen LogP contribution is -1.92. The summed E-state index contributed by atoms with van der Waals surface area (Å²) in [6.45, 7) is 1.65. The van der Waals surface area contributed by atoms with Gasteiger partial charge >= 0.3 is 4.87 Å². The molecule has 0 aliphatic heterocycles. The van der Waals surface area contributed by atoms with Crippen molar-refractivity contribution in [1.82, 2.24) is 4.98 Å².